The molecule has 0 saturated heterocycles. The fourth-order valence-corrected chi connectivity index (χ4v) is 2.15. The minimum Gasteiger partial charge on any atom is -0.383 e. The molecule has 0 aliphatic rings. The summed E-state index contributed by atoms with van der Waals surface area (Å²) in [6, 6.07) is 8.20. The second-order valence-corrected chi connectivity index (χ2v) is 4.47. The number of nitrogens with two attached hydrogens (primary N) is 2. The van der Waals surface area contributed by atoms with Crippen LogP contribution >= 0.6 is 0 Å². The number of hydrogen-bond donors (Lipinski definition) is 2. The van der Waals surface area contributed by atoms with Crippen LogP contribution in [-0.2, 0) is 13.0 Å². The van der Waals surface area contributed by atoms with E-state index in [1.165, 1.54) is 5.56 Å². The van der Waals surface area contributed by atoms with Gasteiger partial charge in [0.25, 0.3) is 0 Å². The lowest BCUT2D eigenvalue weighted by molar-refractivity contribution is 0.926. The van der Waals surface area contributed by atoms with Crippen LogP contribution in [-0.4, -0.2) is 15.0 Å². The SMILES string of the molecule is CCc1ccc2nc3nc(CN)nc(N)c3cc2c1. The smallest absolute Gasteiger partial charge is 0.165 e. The van der Waals surface area contributed by atoms with Crippen molar-refractivity contribution >= 4 is 27.8 Å². The van der Waals surface area contributed by atoms with Gasteiger partial charge in [0.15, 0.2) is 5.65 Å². The maximum absolute atomic E-state index is 5.95. The molecule has 0 saturated carbocycles. The van der Waals surface area contributed by atoms with Crippen LogP contribution in [0.1, 0.15) is 18.3 Å². The minimum absolute atomic E-state index is 0.259. The van der Waals surface area contributed by atoms with Crippen molar-refractivity contribution in [3.63, 3.8) is 0 Å². The molecule has 3 aromatic rings. The van der Waals surface area contributed by atoms with Crippen LogP contribution in [0.4, 0.5) is 5.82 Å². The molecule has 0 aliphatic heterocycles. The molecule has 3 rings (SSSR count). The maximum Gasteiger partial charge on any atom is 0.165 e. The molecule has 96 valence electrons. The fraction of sp³-hybridized carbons (Fsp3) is 0.214. The van der Waals surface area contributed by atoms with Gasteiger partial charge >= 0.3 is 0 Å². The maximum atomic E-state index is 5.95. The zero-order chi connectivity index (χ0) is 13.4. The first-order valence-electron chi connectivity index (χ1n) is 6.27. The van der Waals surface area contributed by atoms with E-state index >= 15 is 0 Å². The van der Waals surface area contributed by atoms with Crippen molar-refractivity contribution in [1.82, 2.24) is 15.0 Å². The molecule has 1 aromatic carbocycles. The van der Waals surface area contributed by atoms with Crippen LogP contribution in [0.5, 0.6) is 0 Å². The molecule has 0 fully saturated rings. The molecular formula is C14H15N5. The van der Waals surface area contributed by atoms with Crippen molar-refractivity contribution in [2.45, 2.75) is 19.9 Å². The van der Waals surface area contributed by atoms with Gasteiger partial charge in [-0.3, -0.25) is 0 Å². The first kappa shape index (κ1) is 11.8. The summed E-state index contributed by atoms with van der Waals surface area (Å²) in [4.78, 5) is 13.0. The van der Waals surface area contributed by atoms with Gasteiger partial charge in [-0.1, -0.05) is 13.0 Å². The minimum atomic E-state index is 0.259. The lowest BCUT2D eigenvalue weighted by atomic mass is 10.1. The number of benzene rings is 1. The molecule has 4 N–H and O–H groups in total. The summed E-state index contributed by atoms with van der Waals surface area (Å²) >= 11 is 0. The van der Waals surface area contributed by atoms with Crippen LogP contribution in [0, 0.1) is 0 Å². The third-order valence-corrected chi connectivity index (χ3v) is 3.21. The molecule has 0 atom stereocenters. The van der Waals surface area contributed by atoms with Crippen LogP contribution in [0.25, 0.3) is 21.9 Å². The largest absolute Gasteiger partial charge is 0.383 e. The van der Waals surface area contributed by atoms with Crippen molar-refractivity contribution in [1.29, 1.82) is 0 Å². The van der Waals surface area contributed by atoms with Crippen molar-refractivity contribution in [2.24, 2.45) is 5.73 Å². The number of anilines is 1. The summed E-state index contributed by atoms with van der Waals surface area (Å²) in [5, 5.41) is 1.83. The number of aryl methyl sites for hydroxylation is 1. The third-order valence-electron chi connectivity index (χ3n) is 3.21. The molecule has 5 nitrogen and oxygen atoms in total. The second kappa shape index (κ2) is 4.44. The average molecular weight is 253 g/mol. The number of nitrogens with zero attached hydrogens (tertiary/aromatic N) is 3. The molecular weight excluding hydrogens is 238 g/mol. The van der Waals surface area contributed by atoms with E-state index in [0.29, 0.717) is 17.3 Å². The normalized spacial score (nSPS) is 11.3. The van der Waals surface area contributed by atoms with Crippen molar-refractivity contribution < 1.29 is 0 Å². The lowest BCUT2D eigenvalue weighted by Gasteiger charge is -2.06. The Labute approximate surface area is 110 Å². The summed E-state index contributed by atoms with van der Waals surface area (Å²) in [7, 11) is 0. The molecule has 0 bridgehead atoms. The quantitative estimate of drug-likeness (QED) is 0.679. The zero-order valence-electron chi connectivity index (χ0n) is 10.7. The van der Waals surface area contributed by atoms with E-state index in [9.17, 15) is 0 Å². The Morgan fingerprint density at radius 3 is 2.68 bits per heavy atom. The highest BCUT2D eigenvalue weighted by Crippen LogP contribution is 2.23. The number of fused-ring (bicyclic) bond motifs is 2. The standard InChI is InChI=1S/C14H15N5/c1-2-8-3-4-11-9(5-8)6-10-13(16)18-12(7-15)19-14(10)17-11/h3-6H,2,7,15H2,1H3,(H2,16,17,18,19). The van der Waals surface area contributed by atoms with E-state index in [4.69, 9.17) is 11.5 Å². The summed E-state index contributed by atoms with van der Waals surface area (Å²) in [5.74, 6) is 0.948. The van der Waals surface area contributed by atoms with Crippen molar-refractivity contribution in [3.05, 3.63) is 35.7 Å². The van der Waals surface area contributed by atoms with Crippen LogP contribution < -0.4 is 11.5 Å². The van der Waals surface area contributed by atoms with Gasteiger partial charge in [0.05, 0.1) is 17.4 Å². The van der Waals surface area contributed by atoms with Gasteiger partial charge in [-0.15, -0.1) is 0 Å². The predicted molar refractivity (Wildman–Crippen MR) is 76.5 cm³/mol. The molecule has 0 aliphatic carbocycles. The number of rotatable bonds is 2. The summed E-state index contributed by atoms with van der Waals surface area (Å²) < 4.78 is 0. The van der Waals surface area contributed by atoms with E-state index in [0.717, 1.165) is 22.7 Å². The molecule has 2 aromatic heterocycles. The number of pyridine rings is 1. The van der Waals surface area contributed by atoms with Crippen LogP contribution in [0.15, 0.2) is 24.3 Å². The summed E-state index contributed by atoms with van der Waals surface area (Å²) in [6.07, 6.45) is 0.992. The highest BCUT2D eigenvalue weighted by Gasteiger charge is 2.07. The highest BCUT2D eigenvalue weighted by atomic mass is 15.0. The Bertz CT molecular complexity index is 766. The highest BCUT2D eigenvalue weighted by molar-refractivity contribution is 5.95. The monoisotopic (exact) mass is 253 g/mol. The van der Waals surface area contributed by atoms with E-state index < -0.39 is 0 Å². The molecule has 19 heavy (non-hydrogen) atoms. The van der Waals surface area contributed by atoms with Gasteiger partial charge in [0.1, 0.15) is 11.6 Å². The Hall–Kier alpha value is -2.27. The Balaban J connectivity index is 2.34. The van der Waals surface area contributed by atoms with E-state index in [1.54, 1.807) is 0 Å². The van der Waals surface area contributed by atoms with Gasteiger partial charge in [0, 0.05) is 5.39 Å². The average Bonchev–Trinajstić information content (AvgIpc) is 2.44. The van der Waals surface area contributed by atoms with E-state index in [2.05, 4.69) is 34.0 Å². The molecule has 0 radical (unpaired) electrons. The van der Waals surface area contributed by atoms with Gasteiger partial charge in [0.2, 0.25) is 0 Å². The van der Waals surface area contributed by atoms with Crippen LogP contribution in [0.2, 0.25) is 0 Å². The van der Waals surface area contributed by atoms with E-state index in [-0.39, 0.29) is 6.54 Å². The Morgan fingerprint density at radius 1 is 1.11 bits per heavy atom. The predicted octanol–water partition coefficient (Wildman–Crippen LogP) is 1.78. The Morgan fingerprint density at radius 2 is 1.95 bits per heavy atom. The first-order chi connectivity index (χ1) is 9.21. The van der Waals surface area contributed by atoms with Gasteiger partial charge in [-0.05, 0) is 30.2 Å². The number of aromatic nitrogens is 3. The summed E-state index contributed by atoms with van der Waals surface area (Å²) in [6.45, 7) is 2.38. The number of nitrogen functional groups attached to an aromatic ring is 1. The molecule has 5 heteroatoms. The van der Waals surface area contributed by atoms with Gasteiger partial charge in [-0.25, -0.2) is 15.0 Å². The third kappa shape index (κ3) is 1.98. The van der Waals surface area contributed by atoms with Crippen LogP contribution in [0.3, 0.4) is 0 Å². The fourth-order valence-electron chi connectivity index (χ4n) is 2.15. The summed E-state index contributed by atoms with van der Waals surface area (Å²) in [5.41, 5.74) is 14.3. The van der Waals surface area contributed by atoms with Crippen molar-refractivity contribution in [3.8, 4) is 0 Å². The molecule has 0 amide bonds. The van der Waals surface area contributed by atoms with Gasteiger partial charge < -0.3 is 11.5 Å². The number of hydrogen-bond acceptors (Lipinski definition) is 5. The van der Waals surface area contributed by atoms with Crippen molar-refractivity contribution in [2.75, 3.05) is 5.73 Å². The lowest BCUT2D eigenvalue weighted by Crippen LogP contribution is -2.06. The van der Waals surface area contributed by atoms with Gasteiger partial charge in [-0.2, -0.15) is 0 Å². The second-order valence-electron chi connectivity index (χ2n) is 4.47. The van der Waals surface area contributed by atoms with E-state index in [1.807, 2.05) is 12.1 Å². The Kier molecular flexibility index (Phi) is 2.76. The zero-order valence-corrected chi connectivity index (χ0v) is 10.7. The molecule has 0 unspecified atom stereocenters. The topological polar surface area (TPSA) is 90.7 Å². The molecule has 2 heterocycles. The first-order valence-corrected chi connectivity index (χ1v) is 6.27. The molecule has 0 spiro atoms.